The van der Waals surface area contributed by atoms with Crippen molar-refractivity contribution < 1.29 is 35.9 Å². The molecule has 8 heteroatoms. The van der Waals surface area contributed by atoms with Gasteiger partial charge < -0.3 is 17.7 Å². The van der Waals surface area contributed by atoms with Crippen LogP contribution in [0, 0.1) is 94.9 Å². The maximum Gasteiger partial charge on any atom is 0.216 e. The van der Waals surface area contributed by atoms with Crippen LogP contribution in [0.15, 0.2) is 261 Å². The molecule has 25 rings (SSSR count). The molecule has 8 nitrogen and oxygen atoms in total. The number of hydrogen-bond donors (Lipinski definition) is 0. The summed E-state index contributed by atoms with van der Waals surface area (Å²) in [5.41, 5.74) is 55.2. The molecule has 0 aliphatic heterocycles. The Kier molecular flexibility index (Phi) is 20.7. The van der Waals surface area contributed by atoms with Crippen molar-refractivity contribution in [3.8, 4) is 89.5 Å². The zero-order chi connectivity index (χ0) is 94.8. The van der Waals surface area contributed by atoms with Crippen LogP contribution < -0.4 is 18.3 Å². The second-order valence-electron chi connectivity index (χ2n) is 43.1. The average Bonchev–Trinajstić information content (AvgIpc) is 1.55. The van der Waals surface area contributed by atoms with Gasteiger partial charge in [0.25, 0.3) is 0 Å². The molecule has 0 N–H and O–H groups in total. The molecule has 5 aliphatic carbocycles. The van der Waals surface area contributed by atoms with Gasteiger partial charge in [-0.1, -0.05) is 214 Å². The molecule has 0 radical (unpaired) electrons. The standard InChI is InChI=1S/C36H40NO.C32H30NO.2C30H28NO/c1-21(2)18-36(19-22(3)4)30-12-10-9-11-26(30)28-17-33-29(16-31(28)36)27-14-13-23(5)34(35(27)38-33)32-15-24(6)25(7)20-37(32)8;1-19-11-12-23-25-16-27-24(22-9-5-6-10-26(22)32(27)13-7-8-14-32)17-29(25)34-31(23)30(19)28-15-20(2)21(3)18-33(28)4;1-17-11-12-21-23-14-25-22(20-9-7-8-10-24(20)30(25,4)5)15-27(23)32-29(21)28(17)26-13-18(2)19(3)16-31(26)6;1-17-11-12-21-23-14-22-20-9-7-8-10-24(20)30(4,5)25(22)15-27(23)32-29(21)28(17)26-13-18(2)19(3)16-31(26)6/h9-17,20-22H,18-19H2,1-8H3;5-6,9-12,15-18H,7-8,13-14H2,1-4H3;2*7-16H,1-6H3/q4*+1. The van der Waals surface area contributed by atoms with Crippen molar-refractivity contribution in [2.45, 2.75) is 199 Å². The van der Waals surface area contributed by atoms with Crippen LogP contribution in [0.2, 0.25) is 0 Å². The molecule has 678 valence electrons. The Morgan fingerprint density at radius 3 is 0.882 bits per heavy atom. The van der Waals surface area contributed by atoms with Crippen LogP contribution in [0.3, 0.4) is 0 Å². The van der Waals surface area contributed by atoms with Gasteiger partial charge in [-0.3, -0.25) is 0 Å². The summed E-state index contributed by atoms with van der Waals surface area (Å²) in [4.78, 5) is 0. The molecule has 0 bridgehead atoms. The quantitative estimate of drug-likeness (QED) is 0.142. The average molecular weight is 1780 g/mol. The third-order valence-electron chi connectivity index (χ3n) is 32.5. The van der Waals surface area contributed by atoms with Gasteiger partial charge in [0.2, 0.25) is 22.8 Å². The lowest BCUT2D eigenvalue weighted by Gasteiger charge is -2.35. The van der Waals surface area contributed by atoms with Crippen molar-refractivity contribution in [3.63, 3.8) is 0 Å². The molecule has 1 saturated carbocycles. The van der Waals surface area contributed by atoms with E-state index in [1.54, 1.807) is 0 Å². The zero-order valence-electron chi connectivity index (χ0n) is 83.9. The minimum absolute atomic E-state index is 0.0161. The third kappa shape index (κ3) is 13.4. The number of benzene rings is 12. The van der Waals surface area contributed by atoms with Gasteiger partial charge in [-0.2, -0.15) is 0 Å². The molecule has 8 heterocycles. The van der Waals surface area contributed by atoms with Crippen LogP contribution in [-0.4, -0.2) is 0 Å². The van der Waals surface area contributed by atoms with Gasteiger partial charge in [-0.15, -0.1) is 0 Å². The van der Waals surface area contributed by atoms with E-state index in [2.05, 4.69) is 428 Å². The Morgan fingerprint density at radius 2 is 0.522 bits per heavy atom. The van der Waals surface area contributed by atoms with Crippen molar-refractivity contribution in [1.29, 1.82) is 0 Å². The van der Waals surface area contributed by atoms with Crippen molar-refractivity contribution in [2.75, 3.05) is 0 Å². The summed E-state index contributed by atoms with van der Waals surface area (Å²) in [6.07, 6.45) is 16.3. The van der Waals surface area contributed by atoms with E-state index in [0.717, 1.165) is 57.5 Å². The number of nitrogens with zero attached hydrogens (tertiary/aromatic N) is 4. The number of aryl methyl sites for hydroxylation is 16. The number of rotatable bonds is 8. The fraction of sp³-hybridized carbons (Fsp3) is 0.281. The van der Waals surface area contributed by atoms with E-state index >= 15 is 0 Å². The lowest BCUT2D eigenvalue weighted by molar-refractivity contribution is -0.660. The van der Waals surface area contributed by atoms with Crippen LogP contribution in [0.5, 0.6) is 0 Å². The molecule has 1 spiro atoms. The maximum absolute atomic E-state index is 6.80. The van der Waals surface area contributed by atoms with E-state index in [-0.39, 0.29) is 21.7 Å². The molecule has 12 aromatic carbocycles. The summed E-state index contributed by atoms with van der Waals surface area (Å²) in [7, 11) is 8.52. The van der Waals surface area contributed by atoms with E-state index in [1.807, 2.05) is 0 Å². The fourth-order valence-corrected chi connectivity index (χ4v) is 25.3. The number of fused-ring (bicyclic) bond motifs is 26. The summed E-state index contributed by atoms with van der Waals surface area (Å²) in [6, 6.07) is 81.7. The first-order chi connectivity index (χ1) is 65.1. The first kappa shape index (κ1) is 87.8. The minimum Gasteiger partial charge on any atom is -0.455 e. The van der Waals surface area contributed by atoms with Crippen molar-refractivity contribution in [2.24, 2.45) is 40.0 Å². The highest BCUT2D eigenvalue weighted by Gasteiger charge is 2.48. The maximum atomic E-state index is 6.80. The lowest BCUT2D eigenvalue weighted by Crippen LogP contribution is -2.31. The van der Waals surface area contributed by atoms with E-state index < -0.39 is 0 Å². The molecule has 20 aromatic rings. The Labute approximate surface area is 801 Å². The summed E-state index contributed by atoms with van der Waals surface area (Å²) >= 11 is 0. The van der Waals surface area contributed by atoms with Crippen molar-refractivity contribution >= 4 is 87.8 Å². The van der Waals surface area contributed by atoms with Gasteiger partial charge in [-0.05, 0) is 303 Å². The minimum atomic E-state index is -0.0294. The lowest BCUT2D eigenvalue weighted by atomic mass is 9.68. The molecule has 0 unspecified atom stereocenters. The molecule has 0 atom stereocenters. The smallest absolute Gasteiger partial charge is 0.216 e. The summed E-state index contributed by atoms with van der Waals surface area (Å²) in [5, 5.41) is 9.68. The normalized spacial score (nSPS) is 14.6. The number of pyridine rings is 4. The first-order valence-corrected chi connectivity index (χ1v) is 49.4. The zero-order valence-corrected chi connectivity index (χ0v) is 83.9. The largest absolute Gasteiger partial charge is 0.455 e. The van der Waals surface area contributed by atoms with E-state index in [9.17, 15) is 0 Å². The van der Waals surface area contributed by atoms with Crippen molar-refractivity contribution in [3.05, 3.63) is 354 Å². The van der Waals surface area contributed by atoms with Crippen LogP contribution in [0.1, 0.15) is 205 Å². The van der Waals surface area contributed by atoms with E-state index in [0.29, 0.717) is 11.8 Å². The van der Waals surface area contributed by atoms with Gasteiger partial charge in [-0.25, -0.2) is 18.3 Å². The van der Waals surface area contributed by atoms with Gasteiger partial charge >= 0.3 is 0 Å². The number of furan rings is 4. The van der Waals surface area contributed by atoms with Gasteiger partial charge in [0.05, 0.1) is 22.3 Å². The Hall–Kier alpha value is -13.6. The Bertz CT molecular complexity index is 8420. The molecule has 136 heavy (non-hydrogen) atoms. The second kappa shape index (κ2) is 32.1. The number of hydrogen-bond acceptors (Lipinski definition) is 4. The molecule has 8 aromatic heterocycles. The van der Waals surface area contributed by atoms with Gasteiger partial charge in [0.1, 0.15) is 72.9 Å². The Balaban J connectivity index is 0.000000105. The van der Waals surface area contributed by atoms with Crippen LogP contribution in [-0.2, 0) is 49.9 Å². The predicted octanol–water partition coefficient (Wildman–Crippen LogP) is 31.8. The summed E-state index contributed by atoms with van der Waals surface area (Å²) < 4.78 is 35.7. The van der Waals surface area contributed by atoms with E-state index in [1.165, 1.54) is 270 Å². The van der Waals surface area contributed by atoms with Crippen LogP contribution >= 0.6 is 0 Å². The predicted molar refractivity (Wildman–Crippen MR) is 563 cm³/mol. The second-order valence-corrected chi connectivity index (χ2v) is 43.1. The molecule has 0 amide bonds. The van der Waals surface area contributed by atoms with Crippen LogP contribution in [0.4, 0.5) is 0 Å². The van der Waals surface area contributed by atoms with Gasteiger partial charge in [0.15, 0.2) is 24.8 Å². The highest BCUT2D eigenvalue weighted by atomic mass is 16.3. The molecule has 1 fully saturated rings. The van der Waals surface area contributed by atoms with Gasteiger partial charge in [0, 0.05) is 111 Å². The molecular formula is C128H126N4O4+4. The van der Waals surface area contributed by atoms with E-state index in [4.69, 9.17) is 17.7 Å². The SMILES string of the molecule is Cc1cc(-c2c(C)ccc3c2oc2cc4c(cc23)-c2ccccc2C4(C)C)[n+](C)cc1C.Cc1cc(-c2c(C)ccc3c2oc2cc4c(cc23)C(C)(C)c2ccccc2-4)[n+](C)cc1C.Cc1cc(-c2c(C)ccc3c2oc2cc4c(cc23)C(CC(C)C)(CC(C)C)c2ccccc2-4)[n+](C)cc1C.Cc1cc(-c2c(C)ccc3c2oc2cc4c(cc23)C2(CCCC2)c2ccccc2-4)[n+](C)cc1C. The number of aromatic nitrogens is 4. The fourth-order valence-electron chi connectivity index (χ4n) is 25.3. The summed E-state index contributed by atoms with van der Waals surface area (Å²) in [6.45, 7) is 44.9. The molecular weight excluding hydrogens is 1660 g/mol. The van der Waals surface area contributed by atoms with Crippen molar-refractivity contribution in [1.82, 2.24) is 0 Å². The summed E-state index contributed by atoms with van der Waals surface area (Å²) in [5.74, 6) is 1.20. The Morgan fingerprint density at radius 1 is 0.250 bits per heavy atom. The first-order valence-electron chi connectivity index (χ1n) is 49.4. The topological polar surface area (TPSA) is 68.1 Å². The third-order valence-corrected chi connectivity index (χ3v) is 32.5. The molecule has 5 aliphatic rings. The van der Waals surface area contributed by atoms with Crippen LogP contribution in [0.25, 0.3) is 177 Å². The highest BCUT2D eigenvalue weighted by molar-refractivity contribution is 6.16. The monoisotopic (exact) mass is 1780 g/mol. The molecule has 0 saturated heterocycles. The highest BCUT2D eigenvalue weighted by Crippen LogP contribution is 2.61.